The number of allylic oxidation sites excluding steroid dienone is 1. The van der Waals surface area contributed by atoms with Crippen LogP contribution >= 0.6 is 11.3 Å². The van der Waals surface area contributed by atoms with Gasteiger partial charge in [-0.15, -0.1) is 0 Å². The van der Waals surface area contributed by atoms with Crippen molar-refractivity contribution in [3.63, 3.8) is 0 Å². The number of fused-ring (bicyclic) bond motifs is 1. The molecule has 5 rings (SSSR count). The van der Waals surface area contributed by atoms with E-state index in [0.717, 1.165) is 22.3 Å². The number of carbonyl (C=O) groups excluding carboxylic acids is 1. The summed E-state index contributed by atoms with van der Waals surface area (Å²) in [6.45, 7) is 16.6. The minimum Gasteiger partial charge on any atom is -0.507 e. The molecule has 45 heavy (non-hydrogen) atoms. The molecular weight excluding hydrogens is 582 g/mol. The smallest absolute Gasteiger partial charge is 0.271 e. The van der Waals surface area contributed by atoms with E-state index < -0.39 is 6.04 Å². The Morgan fingerprint density at radius 2 is 1.60 bits per heavy atom. The number of hydrogen-bond donors (Lipinski definition) is 2. The first-order valence-corrected chi connectivity index (χ1v) is 16.0. The van der Waals surface area contributed by atoms with Crippen LogP contribution in [0.15, 0.2) is 87.8 Å². The van der Waals surface area contributed by atoms with Gasteiger partial charge in [0.05, 0.1) is 28.5 Å². The summed E-state index contributed by atoms with van der Waals surface area (Å²) in [7, 11) is 0. The molecule has 0 radical (unpaired) electrons. The molecular formula is C37H41N3O4S. The van der Waals surface area contributed by atoms with Gasteiger partial charge >= 0.3 is 0 Å². The van der Waals surface area contributed by atoms with Gasteiger partial charge in [-0.3, -0.25) is 14.2 Å². The van der Waals surface area contributed by atoms with Crippen molar-refractivity contribution in [3.8, 4) is 11.5 Å². The predicted molar refractivity (Wildman–Crippen MR) is 182 cm³/mol. The van der Waals surface area contributed by atoms with Crippen molar-refractivity contribution in [2.24, 2.45) is 4.99 Å². The van der Waals surface area contributed by atoms with Crippen LogP contribution in [-0.2, 0) is 15.6 Å². The SMILES string of the molecule is CCOc1ccc([C@@H]2C(C(=O)Nc3ccccc3)=C(C)N=c3s/c(=C/c4cc(C(C)(C)C)c(O)c(C(C)(C)C)c4)c(=O)n32)cc1. The zero-order valence-corrected chi connectivity index (χ0v) is 28.0. The molecule has 1 aliphatic heterocycles. The Bertz CT molecular complexity index is 1920. The van der Waals surface area contributed by atoms with Gasteiger partial charge in [0.1, 0.15) is 11.5 Å². The first-order chi connectivity index (χ1) is 21.2. The van der Waals surface area contributed by atoms with Crippen molar-refractivity contribution < 1.29 is 14.6 Å². The molecule has 1 aliphatic rings. The molecule has 0 fully saturated rings. The number of nitrogens with zero attached hydrogens (tertiary/aromatic N) is 2. The van der Waals surface area contributed by atoms with E-state index in [0.29, 0.717) is 38.6 Å². The number of aromatic nitrogens is 1. The highest BCUT2D eigenvalue weighted by molar-refractivity contribution is 7.07. The highest BCUT2D eigenvalue weighted by Gasteiger charge is 2.33. The van der Waals surface area contributed by atoms with E-state index in [9.17, 15) is 14.7 Å². The maximum atomic E-state index is 14.3. The van der Waals surface area contributed by atoms with Crippen molar-refractivity contribution in [2.45, 2.75) is 72.3 Å². The first kappa shape index (κ1) is 32.0. The normalized spacial score (nSPS) is 15.5. The molecule has 0 saturated heterocycles. The number of carbonyl (C=O) groups is 1. The number of phenolic OH excluding ortho intramolecular Hbond substituents is 1. The molecule has 0 spiro atoms. The molecule has 4 aromatic rings. The Morgan fingerprint density at radius 1 is 1.00 bits per heavy atom. The molecule has 1 atom stereocenters. The van der Waals surface area contributed by atoms with Crippen molar-refractivity contribution in [1.82, 2.24) is 4.57 Å². The summed E-state index contributed by atoms with van der Waals surface area (Å²) in [4.78, 5) is 33.4. The first-order valence-electron chi connectivity index (χ1n) is 15.2. The fourth-order valence-electron chi connectivity index (χ4n) is 5.60. The van der Waals surface area contributed by atoms with Crippen molar-refractivity contribution >= 4 is 29.0 Å². The molecule has 0 unspecified atom stereocenters. The lowest BCUT2D eigenvalue weighted by Gasteiger charge is -2.27. The third-order valence-corrected chi connectivity index (χ3v) is 8.83. The van der Waals surface area contributed by atoms with Gasteiger partial charge in [-0.2, -0.15) is 0 Å². The van der Waals surface area contributed by atoms with Gasteiger partial charge in [0.15, 0.2) is 4.80 Å². The Balaban J connectivity index is 1.70. The largest absolute Gasteiger partial charge is 0.507 e. The average molecular weight is 624 g/mol. The van der Waals surface area contributed by atoms with E-state index in [-0.39, 0.29) is 28.0 Å². The van der Waals surface area contributed by atoms with Gasteiger partial charge in [0, 0.05) is 16.8 Å². The van der Waals surface area contributed by atoms with E-state index in [4.69, 9.17) is 9.73 Å². The van der Waals surface area contributed by atoms with Gasteiger partial charge in [-0.05, 0) is 78.3 Å². The number of para-hydroxylation sites is 1. The summed E-state index contributed by atoms with van der Waals surface area (Å²) in [6, 6.07) is 20.0. The van der Waals surface area contributed by atoms with E-state index in [1.807, 2.05) is 86.7 Å². The number of rotatable bonds is 6. The highest BCUT2D eigenvalue weighted by atomic mass is 32.1. The topological polar surface area (TPSA) is 92.9 Å². The second-order valence-corrected chi connectivity index (χ2v) is 14.4. The molecule has 2 heterocycles. The number of benzene rings is 3. The standard InChI is InChI=1S/C37H41N3O4S/c1-9-44-26-17-15-24(16-18-26)31-30(33(42)39-25-13-11-10-12-14-25)22(2)38-35-40(31)34(43)29(45-35)21-23-19-27(36(3,4)5)32(41)28(20-23)37(6,7)8/h10-21,31,41H,9H2,1-8H3,(H,39,42)/b29-21+/t31-/m1/s1. The van der Waals surface area contributed by atoms with Crippen LogP contribution in [0.4, 0.5) is 5.69 Å². The van der Waals surface area contributed by atoms with Gasteiger partial charge in [-0.25, -0.2) is 4.99 Å². The summed E-state index contributed by atoms with van der Waals surface area (Å²) in [6.07, 6.45) is 1.87. The number of aromatic hydroxyl groups is 1. The van der Waals surface area contributed by atoms with Gasteiger partial charge < -0.3 is 15.2 Å². The summed E-state index contributed by atoms with van der Waals surface area (Å²) < 4.78 is 7.78. The molecule has 0 aliphatic carbocycles. The number of ether oxygens (including phenoxy) is 1. The number of amides is 1. The molecule has 1 amide bonds. The minimum atomic E-state index is -0.696. The number of nitrogens with one attached hydrogen (secondary N) is 1. The van der Waals surface area contributed by atoms with Crippen LogP contribution < -0.4 is 24.9 Å². The summed E-state index contributed by atoms with van der Waals surface area (Å²) in [5.41, 5.74) is 3.97. The molecule has 234 valence electrons. The fraction of sp³-hybridized carbons (Fsp3) is 0.324. The molecule has 1 aromatic heterocycles. The second-order valence-electron chi connectivity index (χ2n) is 13.4. The third-order valence-electron chi connectivity index (χ3n) is 7.85. The van der Waals surface area contributed by atoms with Crippen molar-refractivity contribution in [1.29, 1.82) is 0 Å². The Kier molecular flexibility index (Phi) is 8.64. The Hall–Kier alpha value is -4.43. The maximum absolute atomic E-state index is 14.3. The number of thiazole rings is 1. The lowest BCUT2D eigenvalue weighted by molar-refractivity contribution is -0.113. The average Bonchev–Trinajstić information content (AvgIpc) is 3.27. The van der Waals surface area contributed by atoms with Crippen LogP contribution in [0.25, 0.3) is 6.08 Å². The lowest BCUT2D eigenvalue weighted by atomic mass is 9.78. The van der Waals surface area contributed by atoms with E-state index in [1.165, 1.54) is 11.3 Å². The van der Waals surface area contributed by atoms with Crippen molar-refractivity contribution in [2.75, 3.05) is 11.9 Å². The van der Waals surface area contributed by atoms with Gasteiger partial charge in [0.25, 0.3) is 11.5 Å². The molecule has 0 saturated carbocycles. The Morgan fingerprint density at radius 3 is 2.16 bits per heavy atom. The van der Waals surface area contributed by atoms with Crippen LogP contribution in [0.5, 0.6) is 11.5 Å². The van der Waals surface area contributed by atoms with Crippen LogP contribution in [-0.4, -0.2) is 22.2 Å². The number of hydrogen-bond acceptors (Lipinski definition) is 6. The van der Waals surface area contributed by atoms with Gasteiger partial charge in [0.2, 0.25) is 0 Å². The van der Waals surface area contributed by atoms with Crippen LogP contribution in [0.2, 0.25) is 0 Å². The van der Waals surface area contributed by atoms with E-state index in [2.05, 4.69) is 46.9 Å². The minimum absolute atomic E-state index is 0.238. The molecule has 7 nitrogen and oxygen atoms in total. The zero-order valence-electron chi connectivity index (χ0n) is 27.2. The predicted octanol–water partition coefficient (Wildman–Crippen LogP) is 6.57. The monoisotopic (exact) mass is 623 g/mol. The van der Waals surface area contributed by atoms with E-state index >= 15 is 0 Å². The summed E-state index contributed by atoms with van der Waals surface area (Å²) in [5, 5.41) is 14.2. The second kappa shape index (κ2) is 12.2. The maximum Gasteiger partial charge on any atom is 0.271 e. The summed E-state index contributed by atoms with van der Waals surface area (Å²) in [5.74, 6) is 0.675. The van der Waals surface area contributed by atoms with Crippen molar-refractivity contribution in [3.05, 3.63) is 120 Å². The van der Waals surface area contributed by atoms with Crippen LogP contribution in [0.3, 0.4) is 0 Å². The van der Waals surface area contributed by atoms with Gasteiger partial charge in [-0.1, -0.05) is 83.2 Å². The molecule has 3 aromatic carbocycles. The Labute approximate surface area is 268 Å². The highest BCUT2D eigenvalue weighted by Crippen LogP contribution is 2.40. The molecule has 8 heteroatoms. The van der Waals surface area contributed by atoms with Crippen LogP contribution in [0.1, 0.15) is 83.7 Å². The number of anilines is 1. The number of phenols is 1. The zero-order chi connectivity index (χ0) is 32.7. The molecule has 0 bridgehead atoms. The quantitative estimate of drug-likeness (QED) is 0.254. The third kappa shape index (κ3) is 6.52. The molecule has 2 N–H and O–H groups in total. The summed E-state index contributed by atoms with van der Waals surface area (Å²) >= 11 is 1.29. The van der Waals surface area contributed by atoms with E-state index in [1.54, 1.807) is 4.57 Å². The lowest BCUT2D eigenvalue weighted by Crippen LogP contribution is -2.40. The van der Waals surface area contributed by atoms with Crippen LogP contribution in [0, 0.1) is 0 Å². The fourth-order valence-corrected chi connectivity index (χ4v) is 6.64.